The first kappa shape index (κ1) is 9.97. The predicted octanol–water partition coefficient (Wildman–Crippen LogP) is 1.98. The summed E-state index contributed by atoms with van der Waals surface area (Å²) in [5, 5.41) is 0.576. The molecule has 0 aliphatic carbocycles. The van der Waals surface area contributed by atoms with E-state index in [0.717, 1.165) is 0 Å². The van der Waals surface area contributed by atoms with E-state index in [1.54, 1.807) is 0 Å². The number of pyridine rings is 1. The third-order valence-electron chi connectivity index (χ3n) is 1.22. The van der Waals surface area contributed by atoms with Gasteiger partial charge in [0.05, 0.1) is 5.02 Å². The second-order valence-electron chi connectivity index (χ2n) is 2.14. The van der Waals surface area contributed by atoms with E-state index >= 15 is 0 Å². The van der Waals surface area contributed by atoms with Gasteiger partial charge < -0.3 is 10.5 Å². The summed E-state index contributed by atoms with van der Waals surface area (Å²) in [6.07, 6.45) is 4.99. The fraction of sp³-hybridized carbons (Fsp3) is 0.125. The van der Waals surface area contributed by atoms with Gasteiger partial charge in [0.1, 0.15) is 10.8 Å². The van der Waals surface area contributed by atoms with E-state index < -0.39 is 0 Å². The molecule has 0 aliphatic rings. The van der Waals surface area contributed by atoms with E-state index in [-0.39, 0.29) is 28.3 Å². The second kappa shape index (κ2) is 4.22. The first-order valence-electron chi connectivity index (χ1n) is 3.33. The number of hydrogen-bond acceptors (Lipinski definition) is 3. The summed E-state index contributed by atoms with van der Waals surface area (Å²) in [4.78, 5) is 3.81. The number of anilines is 1. The highest BCUT2D eigenvalue weighted by Crippen LogP contribution is 2.28. The quantitative estimate of drug-likeness (QED) is 0.770. The van der Waals surface area contributed by atoms with Gasteiger partial charge in [-0.05, 0) is 6.07 Å². The molecule has 0 spiro atoms. The number of halogens is 2. The van der Waals surface area contributed by atoms with Gasteiger partial charge in [0.15, 0.2) is 6.61 Å². The van der Waals surface area contributed by atoms with Gasteiger partial charge in [-0.15, -0.1) is 6.42 Å². The van der Waals surface area contributed by atoms with Gasteiger partial charge in [-0.3, -0.25) is 0 Å². The van der Waals surface area contributed by atoms with Crippen LogP contribution < -0.4 is 10.5 Å². The van der Waals surface area contributed by atoms with Crippen LogP contribution in [0.4, 0.5) is 5.82 Å². The van der Waals surface area contributed by atoms with Gasteiger partial charge in [-0.1, -0.05) is 29.1 Å². The first-order chi connectivity index (χ1) is 6.15. The highest BCUT2D eigenvalue weighted by atomic mass is 35.5. The summed E-state index contributed by atoms with van der Waals surface area (Å²) in [6, 6.07) is 1.46. The van der Waals surface area contributed by atoms with Crippen LogP contribution in [0.25, 0.3) is 0 Å². The molecule has 1 aromatic heterocycles. The van der Waals surface area contributed by atoms with Crippen LogP contribution >= 0.6 is 23.2 Å². The number of terminal acetylenes is 1. The van der Waals surface area contributed by atoms with Crippen molar-refractivity contribution in [2.75, 3.05) is 12.3 Å². The largest absolute Gasteiger partial charge is 0.463 e. The number of aromatic nitrogens is 1. The Balaban J connectivity index is 2.96. The minimum Gasteiger partial charge on any atom is -0.463 e. The van der Waals surface area contributed by atoms with Crippen molar-refractivity contribution >= 4 is 29.0 Å². The average Bonchev–Trinajstić information content (AvgIpc) is 2.09. The molecule has 13 heavy (non-hydrogen) atoms. The van der Waals surface area contributed by atoms with Crippen LogP contribution in [0.3, 0.4) is 0 Å². The minimum atomic E-state index is 0.0911. The maximum atomic E-state index is 5.74. The molecule has 0 unspecified atom stereocenters. The van der Waals surface area contributed by atoms with E-state index in [4.69, 9.17) is 40.1 Å². The van der Waals surface area contributed by atoms with Crippen LogP contribution in [0.5, 0.6) is 5.88 Å². The second-order valence-corrected chi connectivity index (χ2v) is 2.95. The van der Waals surface area contributed by atoms with Crippen molar-refractivity contribution in [1.29, 1.82) is 0 Å². The SMILES string of the molecule is C#CCOc1nc(N)c(Cl)cc1Cl. The number of hydrogen-bond donors (Lipinski definition) is 1. The third-order valence-corrected chi connectivity index (χ3v) is 1.79. The lowest BCUT2D eigenvalue weighted by Crippen LogP contribution is -2.00. The standard InChI is InChI=1S/C8H6Cl2N2O/c1-2-3-13-8-6(10)4-5(9)7(11)12-8/h1,4H,3H2,(H2,11,12). The number of ether oxygens (including phenoxy) is 1. The van der Waals surface area contributed by atoms with Gasteiger partial charge in [-0.2, -0.15) is 4.98 Å². The normalized spacial score (nSPS) is 9.31. The molecule has 0 fully saturated rings. The molecule has 3 nitrogen and oxygen atoms in total. The summed E-state index contributed by atoms with van der Waals surface area (Å²) in [5.41, 5.74) is 5.43. The van der Waals surface area contributed by atoms with Gasteiger partial charge in [0, 0.05) is 0 Å². The lowest BCUT2D eigenvalue weighted by Gasteiger charge is -2.05. The van der Waals surface area contributed by atoms with Crippen molar-refractivity contribution in [3.63, 3.8) is 0 Å². The maximum Gasteiger partial charge on any atom is 0.235 e. The summed E-state index contributed by atoms with van der Waals surface area (Å²) < 4.78 is 5.00. The Morgan fingerprint density at radius 2 is 2.23 bits per heavy atom. The third kappa shape index (κ3) is 2.41. The summed E-state index contributed by atoms with van der Waals surface area (Å²) in [7, 11) is 0. The van der Waals surface area contributed by atoms with Crippen LogP contribution in [-0.2, 0) is 0 Å². The van der Waals surface area contributed by atoms with Gasteiger partial charge in [-0.25, -0.2) is 0 Å². The molecule has 0 bridgehead atoms. The van der Waals surface area contributed by atoms with Crippen LogP contribution in [0.2, 0.25) is 10.0 Å². The summed E-state index contributed by atoms with van der Waals surface area (Å²) in [6.45, 7) is 0.0911. The molecule has 2 N–H and O–H groups in total. The molecular weight excluding hydrogens is 211 g/mol. The maximum absolute atomic E-state index is 5.74. The molecule has 0 radical (unpaired) electrons. The highest BCUT2D eigenvalue weighted by molar-refractivity contribution is 6.36. The van der Waals surface area contributed by atoms with Gasteiger partial charge >= 0.3 is 0 Å². The smallest absolute Gasteiger partial charge is 0.235 e. The zero-order valence-corrected chi connectivity index (χ0v) is 8.06. The molecule has 0 aliphatic heterocycles. The molecule has 68 valence electrons. The lowest BCUT2D eigenvalue weighted by molar-refractivity contribution is 0.356. The zero-order chi connectivity index (χ0) is 9.84. The molecule has 5 heteroatoms. The van der Waals surface area contributed by atoms with Crippen LogP contribution in [0, 0.1) is 12.3 Å². The van der Waals surface area contributed by atoms with Crippen molar-refractivity contribution in [2.45, 2.75) is 0 Å². The van der Waals surface area contributed by atoms with Crippen LogP contribution in [-0.4, -0.2) is 11.6 Å². The Labute approximate surface area is 85.8 Å². The van der Waals surface area contributed by atoms with Crippen LogP contribution in [0.1, 0.15) is 0 Å². The number of nitrogens with two attached hydrogens (primary N) is 1. The minimum absolute atomic E-state index is 0.0911. The Morgan fingerprint density at radius 3 is 2.85 bits per heavy atom. The van der Waals surface area contributed by atoms with Crippen molar-refractivity contribution in [3.05, 3.63) is 16.1 Å². The van der Waals surface area contributed by atoms with Crippen molar-refractivity contribution in [3.8, 4) is 18.2 Å². The van der Waals surface area contributed by atoms with Gasteiger partial charge in [0.25, 0.3) is 0 Å². The Hall–Kier alpha value is -1.11. The van der Waals surface area contributed by atoms with E-state index in [1.807, 2.05) is 0 Å². The Kier molecular flexibility index (Phi) is 3.24. The molecule has 1 heterocycles. The van der Waals surface area contributed by atoms with Crippen LogP contribution in [0.15, 0.2) is 6.07 Å². The van der Waals surface area contributed by atoms with Gasteiger partial charge in [0.2, 0.25) is 5.88 Å². The Bertz CT molecular complexity index is 360. The zero-order valence-electron chi connectivity index (χ0n) is 6.55. The Morgan fingerprint density at radius 1 is 1.54 bits per heavy atom. The molecule has 0 aromatic carbocycles. The average molecular weight is 217 g/mol. The van der Waals surface area contributed by atoms with E-state index in [1.165, 1.54) is 6.07 Å². The predicted molar refractivity (Wildman–Crippen MR) is 53.0 cm³/mol. The molecule has 0 atom stereocenters. The van der Waals surface area contributed by atoms with Crippen molar-refractivity contribution in [1.82, 2.24) is 4.98 Å². The number of rotatable bonds is 2. The number of nitrogens with zero attached hydrogens (tertiary/aromatic N) is 1. The molecular formula is C8H6Cl2N2O. The number of nitrogen functional groups attached to an aromatic ring is 1. The fourth-order valence-corrected chi connectivity index (χ4v) is 1.09. The molecule has 1 rings (SSSR count). The molecule has 0 amide bonds. The summed E-state index contributed by atoms with van der Waals surface area (Å²) in [5.74, 6) is 2.64. The first-order valence-corrected chi connectivity index (χ1v) is 4.08. The van der Waals surface area contributed by atoms with E-state index in [9.17, 15) is 0 Å². The van der Waals surface area contributed by atoms with E-state index in [0.29, 0.717) is 0 Å². The topological polar surface area (TPSA) is 48.1 Å². The summed E-state index contributed by atoms with van der Waals surface area (Å²) >= 11 is 11.4. The molecule has 0 saturated carbocycles. The van der Waals surface area contributed by atoms with E-state index in [2.05, 4.69) is 10.9 Å². The monoisotopic (exact) mass is 216 g/mol. The van der Waals surface area contributed by atoms with Crippen molar-refractivity contribution in [2.24, 2.45) is 0 Å². The highest BCUT2D eigenvalue weighted by Gasteiger charge is 2.07. The van der Waals surface area contributed by atoms with Crippen molar-refractivity contribution < 1.29 is 4.74 Å². The lowest BCUT2D eigenvalue weighted by atomic mass is 10.4. The molecule has 1 aromatic rings. The molecule has 0 saturated heterocycles. The fourth-order valence-electron chi connectivity index (χ4n) is 0.674.